The molecule has 2 fully saturated rings. The maximum Gasteiger partial charge on any atom is 0.240 e. The first-order valence-electron chi connectivity index (χ1n) is 9.58. The molecule has 3 rings (SSSR count). The highest BCUT2D eigenvalue weighted by molar-refractivity contribution is 7.89. The van der Waals surface area contributed by atoms with Crippen LogP contribution < -0.4 is 10.0 Å². The first-order valence-corrected chi connectivity index (χ1v) is 11.4. The number of carbonyl (C=O) groups is 1. The van der Waals surface area contributed by atoms with Crippen LogP contribution >= 0.6 is 11.6 Å². The molecule has 1 aromatic rings. The minimum atomic E-state index is -3.53. The Morgan fingerprint density at radius 1 is 1.07 bits per heavy atom. The lowest BCUT2D eigenvalue weighted by Crippen LogP contribution is -2.38. The van der Waals surface area contributed by atoms with Crippen LogP contribution in [0.25, 0.3) is 0 Å². The minimum absolute atomic E-state index is 0.0236. The van der Waals surface area contributed by atoms with Crippen molar-refractivity contribution in [2.75, 3.05) is 19.7 Å². The van der Waals surface area contributed by atoms with Crippen molar-refractivity contribution in [3.63, 3.8) is 0 Å². The van der Waals surface area contributed by atoms with Crippen molar-refractivity contribution in [3.05, 3.63) is 29.3 Å². The van der Waals surface area contributed by atoms with Crippen LogP contribution in [0.4, 0.5) is 0 Å². The summed E-state index contributed by atoms with van der Waals surface area (Å²) in [6.07, 6.45) is 5.53. The quantitative estimate of drug-likeness (QED) is 0.718. The Kier molecular flexibility index (Phi) is 7.14. The second-order valence-electron chi connectivity index (χ2n) is 7.40. The molecule has 27 heavy (non-hydrogen) atoms. The van der Waals surface area contributed by atoms with Gasteiger partial charge in [-0.05, 0) is 68.7 Å². The molecule has 1 atom stereocenters. The molecule has 2 aliphatic rings. The molecule has 1 aliphatic carbocycles. The van der Waals surface area contributed by atoms with Crippen LogP contribution in [0.1, 0.15) is 38.5 Å². The van der Waals surface area contributed by atoms with E-state index in [0.717, 1.165) is 45.1 Å². The zero-order valence-corrected chi connectivity index (χ0v) is 16.9. The summed E-state index contributed by atoms with van der Waals surface area (Å²) in [5.74, 6) is 0.385. The summed E-state index contributed by atoms with van der Waals surface area (Å²) in [5.41, 5.74) is 0. The molecule has 1 heterocycles. The zero-order chi connectivity index (χ0) is 19.3. The minimum Gasteiger partial charge on any atom is -0.376 e. The van der Waals surface area contributed by atoms with Crippen LogP contribution in [-0.4, -0.2) is 40.1 Å². The van der Waals surface area contributed by atoms with E-state index in [9.17, 15) is 13.2 Å². The highest BCUT2D eigenvalue weighted by Crippen LogP contribution is 2.29. The number of hydrogen-bond donors (Lipinski definition) is 2. The highest BCUT2D eigenvalue weighted by atomic mass is 35.5. The van der Waals surface area contributed by atoms with Crippen LogP contribution in [0.15, 0.2) is 29.2 Å². The van der Waals surface area contributed by atoms with Crippen LogP contribution in [0, 0.1) is 11.8 Å². The van der Waals surface area contributed by atoms with Crippen molar-refractivity contribution >= 4 is 27.5 Å². The molecule has 0 spiro atoms. The first kappa shape index (κ1) is 20.6. The number of amides is 1. The lowest BCUT2D eigenvalue weighted by Gasteiger charge is -2.28. The van der Waals surface area contributed by atoms with Crippen LogP contribution in [-0.2, 0) is 19.6 Å². The number of carbonyl (C=O) groups excluding carboxylic acids is 1. The summed E-state index contributed by atoms with van der Waals surface area (Å²) in [4.78, 5) is 12.5. The molecule has 1 saturated carbocycles. The Morgan fingerprint density at radius 2 is 1.78 bits per heavy atom. The topological polar surface area (TPSA) is 84.5 Å². The molecule has 0 unspecified atom stereocenters. The van der Waals surface area contributed by atoms with E-state index in [1.807, 2.05) is 0 Å². The molecule has 0 bridgehead atoms. The van der Waals surface area contributed by atoms with Gasteiger partial charge in [0.2, 0.25) is 15.9 Å². The fourth-order valence-electron chi connectivity index (χ4n) is 3.72. The van der Waals surface area contributed by atoms with Crippen molar-refractivity contribution < 1.29 is 17.9 Å². The van der Waals surface area contributed by atoms with Gasteiger partial charge in [0, 0.05) is 30.6 Å². The summed E-state index contributed by atoms with van der Waals surface area (Å²) < 4.78 is 32.9. The number of benzene rings is 1. The van der Waals surface area contributed by atoms with Gasteiger partial charge in [-0.15, -0.1) is 0 Å². The van der Waals surface area contributed by atoms with Gasteiger partial charge >= 0.3 is 0 Å². The number of rotatable bonds is 7. The molecule has 8 heteroatoms. The second-order valence-corrected chi connectivity index (χ2v) is 9.61. The normalized spacial score (nSPS) is 26.0. The lowest BCUT2D eigenvalue weighted by molar-refractivity contribution is -0.126. The highest BCUT2D eigenvalue weighted by Gasteiger charge is 2.28. The van der Waals surface area contributed by atoms with E-state index in [-0.39, 0.29) is 28.7 Å². The molecule has 1 aliphatic heterocycles. The Hall–Kier alpha value is -1.15. The van der Waals surface area contributed by atoms with Crippen LogP contribution in [0.5, 0.6) is 0 Å². The van der Waals surface area contributed by atoms with Crippen molar-refractivity contribution in [1.82, 2.24) is 10.0 Å². The van der Waals surface area contributed by atoms with Gasteiger partial charge in [0.1, 0.15) is 0 Å². The van der Waals surface area contributed by atoms with E-state index in [1.54, 1.807) is 12.1 Å². The lowest BCUT2D eigenvalue weighted by atomic mass is 9.81. The third-order valence-corrected chi connectivity index (χ3v) is 7.12. The monoisotopic (exact) mass is 414 g/mol. The van der Waals surface area contributed by atoms with Gasteiger partial charge in [-0.1, -0.05) is 11.6 Å². The van der Waals surface area contributed by atoms with Crippen molar-refractivity contribution in [1.29, 1.82) is 0 Å². The van der Waals surface area contributed by atoms with Gasteiger partial charge in [-0.25, -0.2) is 13.1 Å². The van der Waals surface area contributed by atoms with E-state index < -0.39 is 10.0 Å². The third kappa shape index (κ3) is 5.91. The number of sulfonamides is 1. The second kappa shape index (κ2) is 9.37. The summed E-state index contributed by atoms with van der Waals surface area (Å²) in [6, 6.07) is 6.13. The van der Waals surface area contributed by atoms with Crippen molar-refractivity contribution in [2.24, 2.45) is 11.8 Å². The van der Waals surface area contributed by atoms with Gasteiger partial charge in [0.05, 0.1) is 11.0 Å². The van der Waals surface area contributed by atoms with E-state index in [4.69, 9.17) is 16.3 Å². The Balaban J connectivity index is 1.40. The van der Waals surface area contributed by atoms with E-state index >= 15 is 0 Å². The molecule has 0 aromatic heterocycles. The average Bonchev–Trinajstić information content (AvgIpc) is 3.19. The first-order chi connectivity index (χ1) is 12.9. The molecule has 1 amide bonds. The van der Waals surface area contributed by atoms with Crippen LogP contribution in [0.2, 0.25) is 5.02 Å². The average molecular weight is 415 g/mol. The fourth-order valence-corrected chi connectivity index (χ4v) is 4.96. The Labute approximate surface area is 166 Å². The maximum absolute atomic E-state index is 12.3. The van der Waals surface area contributed by atoms with Gasteiger partial charge < -0.3 is 10.1 Å². The van der Waals surface area contributed by atoms with E-state index in [0.29, 0.717) is 18.1 Å². The van der Waals surface area contributed by atoms with Crippen molar-refractivity contribution in [2.45, 2.75) is 49.5 Å². The number of hydrogen-bond acceptors (Lipinski definition) is 4. The largest absolute Gasteiger partial charge is 0.376 e. The molecule has 1 saturated heterocycles. The summed E-state index contributed by atoms with van der Waals surface area (Å²) in [6.45, 7) is 1.78. The third-order valence-electron chi connectivity index (χ3n) is 5.43. The zero-order valence-electron chi connectivity index (χ0n) is 15.3. The Morgan fingerprint density at radius 3 is 2.41 bits per heavy atom. The number of nitrogens with one attached hydrogen (secondary N) is 2. The van der Waals surface area contributed by atoms with Crippen molar-refractivity contribution in [3.8, 4) is 0 Å². The predicted molar refractivity (Wildman–Crippen MR) is 104 cm³/mol. The van der Waals surface area contributed by atoms with Gasteiger partial charge in [-0.3, -0.25) is 4.79 Å². The van der Waals surface area contributed by atoms with Gasteiger partial charge in [0.25, 0.3) is 0 Å². The SMILES string of the molecule is O=C(NC[C@@H]1CCCO1)C1CCC(CNS(=O)(=O)c2ccc(Cl)cc2)CC1. The molecule has 6 nitrogen and oxygen atoms in total. The fraction of sp³-hybridized carbons (Fsp3) is 0.632. The Bertz CT molecular complexity index is 725. The molecule has 150 valence electrons. The van der Waals surface area contributed by atoms with Gasteiger partial charge in [0.15, 0.2) is 0 Å². The number of ether oxygens (including phenoxy) is 1. The maximum atomic E-state index is 12.3. The smallest absolute Gasteiger partial charge is 0.240 e. The molecular weight excluding hydrogens is 388 g/mol. The summed E-state index contributed by atoms with van der Waals surface area (Å²) in [7, 11) is -3.53. The molecule has 2 N–H and O–H groups in total. The molecule has 0 radical (unpaired) electrons. The molecular formula is C19H27ClN2O4S. The predicted octanol–water partition coefficient (Wildman–Crippen LogP) is 2.72. The summed E-state index contributed by atoms with van der Waals surface area (Å²) >= 11 is 5.80. The number of halogens is 1. The van der Waals surface area contributed by atoms with Gasteiger partial charge in [-0.2, -0.15) is 0 Å². The van der Waals surface area contributed by atoms with E-state index in [2.05, 4.69) is 10.0 Å². The molecule has 1 aromatic carbocycles. The van der Waals surface area contributed by atoms with Crippen LogP contribution in [0.3, 0.4) is 0 Å². The standard InChI is InChI=1S/C19H27ClN2O4S/c20-16-7-9-18(10-8-16)27(24,25)22-12-14-3-5-15(6-4-14)19(23)21-13-17-2-1-11-26-17/h7-10,14-15,17,22H,1-6,11-13H2,(H,21,23)/t14?,15?,17-/m0/s1. The summed E-state index contributed by atoms with van der Waals surface area (Å²) in [5, 5.41) is 3.51. The van der Waals surface area contributed by atoms with E-state index in [1.165, 1.54) is 12.1 Å².